The van der Waals surface area contributed by atoms with Crippen LogP contribution in [0.1, 0.15) is 0 Å². The lowest BCUT2D eigenvalue weighted by Crippen LogP contribution is -2.49. The third-order valence-electron chi connectivity index (χ3n) is 1.50. The van der Waals surface area contributed by atoms with Crippen molar-refractivity contribution in [1.82, 2.24) is 16.1 Å². The number of nitrogens with zero attached hydrogens (tertiary/aromatic N) is 1. The highest BCUT2D eigenvalue weighted by Crippen LogP contribution is 1.81. The van der Waals surface area contributed by atoms with E-state index in [0.29, 0.717) is 0 Å². The largest absolute Gasteiger partial charge is 0.375 e. The predicted molar refractivity (Wildman–Crippen MR) is 53.1 cm³/mol. The van der Waals surface area contributed by atoms with Crippen LogP contribution in [-0.2, 0) is 0 Å². The molecule has 1 atom stereocenters. The lowest BCUT2D eigenvalue weighted by atomic mass is 10.2. The van der Waals surface area contributed by atoms with Crippen molar-refractivity contribution in [1.29, 1.82) is 0 Å². The van der Waals surface area contributed by atoms with Crippen molar-refractivity contribution in [3.63, 3.8) is 0 Å². The summed E-state index contributed by atoms with van der Waals surface area (Å²) in [6.45, 7) is 2.86. The van der Waals surface area contributed by atoms with E-state index < -0.39 is 0 Å². The fourth-order valence-electron chi connectivity index (χ4n) is 0.972. The van der Waals surface area contributed by atoms with Gasteiger partial charge in [0.1, 0.15) is 0 Å². The number of nitrogens with one attached hydrogen (secondary N) is 3. The van der Waals surface area contributed by atoms with E-state index in [9.17, 15) is 0 Å². The van der Waals surface area contributed by atoms with Crippen LogP contribution >= 0.6 is 12.2 Å². The molecule has 1 aliphatic rings. The summed E-state index contributed by atoms with van der Waals surface area (Å²) in [6, 6.07) is 0.264. The number of hydrogen-bond acceptors (Lipinski definition) is 4. The molecule has 0 unspecified atom stereocenters. The average molecular weight is 187 g/mol. The molecule has 1 saturated heterocycles. The molecule has 5 N–H and O–H groups in total. The van der Waals surface area contributed by atoms with Crippen LogP contribution in [-0.4, -0.2) is 37.0 Å². The van der Waals surface area contributed by atoms with Crippen molar-refractivity contribution in [2.24, 2.45) is 10.8 Å². The van der Waals surface area contributed by atoms with E-state index in [4.69, 9.17) is 5.73 Å². The van der Waals surface area contributed by atoms with Crippen molar-refractivity contribution < 1.29 is 0 Å². The van der Waals surface area contributed by atoms with E-state index in [1.54, 1.807) is 6.21 Å². The number of nitrogens with two attached hydrogens (primary N) is 1. The van der Waals surface area contributed by atoms with Crippen molar-refractivity contribution in [3.05, 3.63) is 0 Å². The van der Waals surface area contributed by atoms with Crippen LogP contribution in [0.3, 0.4) is 0 Å². The van der Waals surface area contributed by atoms with Crippen LogP contribution < -0.4 is 21.8 Å². The van der Waals surface area contributed by atoms with E-state index in [0.717, 1.165) is 19.6 Å². The Hall–Kier alpha value is -0.720. The fraction of sp³-hybridized carbons (Fsp3) is 0.667. The van der Waals surface area contributed by atoms with Gasteiger partial charge in [0.25, 0.3) is 0 Å². The Morgan fingerprint density at radius 3 is 3.08 bits per heavy atom. The number of rotatable bonds is 2. The Morgan fingerprint density at radius 2 is 2.50 bits per heavy atom. The minimum atomic E-state index is 0.190. The van der Waals surface area contributed by atoms with Crippen LogP contribution in [0, 0.1) is 0 Å². The van der Waals surface area contributed by atoms with Gasteiger partial charge in [-0.3, -0.25) is 5.43 Å². The molecule has 0 spiro atoms. The van der Waals surface area contributed by atoms with E-state index in [1.165, 1.54) is 0 Å². The molecule has 0 bridgehead atoms. The highest BCUT2D eigenvalue weighted by atomic mass is 32.1. The summed E-state index contributed by atoms with van der Waals surface area (Å²) in [5.41, 5.74) is 7.68. The molecule has 1 fully saturated rings. The summed E-state index contributed by atoms with van der Waals surface area (Å²) in [7, 11) is 0. The van der Waals surface area contributed by atoms with E-state index in [-0.39, 0.29) is 11.2 Å². The van der Waals surface area contributed by atoms with Crippen LogP contribution in [0.5, 0.6) is 0 Å². The minimum Gasteiger partial charge on any atom is -0.375 e. The lowest BCUT2D eigenvalue weighted by Gasteiger charge is -2.20. The van der Waals surface area contributed by atoms with Crippen LogP contribution in [0.25, 0.3) is 0 Å². The molecule has 68 valence electrons. The first-order chi connectivity index (χ1) is 5.79. The van der Waals surface area contributed by atoms with Gasteiger partial charge in [0.15, 0.2) is 5.11 Å². The Bertz CT molecular complexity index is 175. The predicted octanol–water partition coefficient (Wildman–Crippen LogP) is -1.63. The van der Waals surface area contributed by atoms with E-state index in [1.807, 2.05) is 0 Å². The maximum atomic E-state index is 5.18. The molecule has 0 saturated carbocycles. The standard InChI is InChI=1S/C6H13N5S/c7-6(12)11-10-4-5-3-8-1-2-9-5/h4-5,8-9H,1-3H2,(H3,7,11,12)/b10-4+/t5-/m1/s1. The quantitative estimate of drug-likeness (QED) is 0.237. The average Bonchev–Trinajstić information content (AvgIpc) is 2.05. The van der Waals surface area contributed by atoms with Gasteiger partial charge in [-0.15, -0.1) is 0 Å². The Morgan fingerprint density at radius 1 is 1.67 bits per heavy atom. The molecule has 0 aromatic heterocycles. The van der Waals surface area contributed by atoms with Gasteiger partial charge < -0.3 is 16.4 Å². The molecule has 1 heterocycles. The van der Waals surface area contributed by atoms with Gasteiger partial charge in [-0.05, 0) is 12.2 Å². The minimum absolute atomic E-state index is 0.190. The summed E-state index contributed by atoms with van der Waals surface area (Å²) in [5, 5.41) is 10.5. The topological polar surface area (TPSA) is 74.5 Å². The number of piperazine rings is 1. The molecule has 1 aliphatic heterocycles. The zero-order valence-corrected chi connectivity index (χ0v) is 7.53. The summed E-state index contributed by atoms with van der Waals surface area (Å²) in [6.07, 6.45) is 1.76. The molecule has 6 heteroatoms. The third kappa shape index (κ3) is 3.61. The first-order valence-electron chi connectivity index (χ1n) is 3.82. The SMILES string of the molecule is NC(=S)N/N=C/[C@H]1CNCCN1. The van der Waals surface area contributed by atoms with Crippen molar-refractivity contribution in [2.45, 2.75) is 6.04 Å². The van der Waals surface area contributed by atoms with Gasteiger partial charge in [0, 0.05) is 25.8 Å². The summed E-state index contributed by atoms with van der Waals surface area (Å²) in [5.74, 6) is 0. The van der Waals surface area contributed by atoms with Gasteiger partial charge in [-0.25, -0.2) is 0 Å². The molecule has 0 aromatic rings. The molecular formula is C6H13N5S. The second-order valence-corrected chi connectivity index (χ2v) is 2.96. The molecule has 0 aliphatic carbocycles. The summed E-state index contributed by atoms with van der Waals surface area (Å²) < 4.78 is 0. The number of thiocarbonyl (C=S) groups is 1. The van der Waals surface area contributed by atoms with Gasteiger partial charge in [-0.2, -0.15) is 5.10 Å². The molecule has 0 aromatic carbocycles. The smallest absolute Gasteiger partial charge is 0.184 e. The highest BCUT2D eigenvalue weighted by Gasteiger charge is 2.07. The van der Waals surface area contributed by atoms with Crippen molar-refractivity contribution >= 4 is 23.5 Å². The Kier molecular flexibility index (Phi) is 3.92. The Balaban J connectivity index is 2.19. The second-order valence-electron chi connectivity index (χ2n) is 2.52. The fourth-order valence-corrected chi connectivity index (χ4v) is 1.02. The maximum absolute atomic E-state index is 5.18. The lowest BCUT2D eigenvalue weighted by molar-refractivity contribution is 0.491. The van der Waals surface area contributed by atoms with Crippen LogP contribution in [0.15, 0.2) is 5.10 Å². The van der Waals surface area contributed by atoms with Crippen LogP contribution in [0.4, 0.5) is 0 Å². The number of hydrazone groups is 1. The molecular weight excluding hydrogens is 174 g/mol. The maximum Gasteiger partial charge on any atom is 0.184 e. The highest BCUT2D eigenvalue weighted by molar-refractivity contribution is 7.80. The first-order valence-corrected chi connectivity index (χ1v) is 4.22. The molecule has 0 radical (unpaired) electrons. The van der Waals surface area contributed by atoms with Gasteiger partial charge >= 0.3 is 0 Å². The third-order valence-corrected chi connectivity index (χ3v) is 1.59. The van der Waals surface area contributed by atoms with Gasteiger partial charge in [-0.1, -0.05) is 0 Å². The first kappa shape index (κ1) is 9.37. The van der Waals surface area contributed by atoms with E-state index in [2.05, 4.69) is 33.4 Å². The van der Waals surface area contributed by atoms with Gasteiger partial charge in [0.2, 0.25) is 0 Å². The zero-order valence-electron chi connectivity index (χ0n) is 6.71. The summed E-state index contributed by atoms with van der Waals surface area (Å²) in [4.78, 5) is 0. The molecule has 0 amide bonds. The van der Waals surface area contributed by atoms with Gasteiger partial charge in [0.05, 0.1) is 6.04 Å². The Labute approximate surface area is 76.8 Å². The van der Waals surface area contributed by atoms with Crippen LogP contribution in [0.2, 0.25) is 0 Å². The molecule has 12 heavy (non-hydrogen) atoms. The monoisotopic (exact) mass is 187 g/mol. The van der Waals surface area contributed by atoms with Crippen molar-refractivity contribution in [2.75, 3.05) is 19.6 Å². The second kappa shape index (κ2) is 5.02. The molecule has 5 nitrogen and oxygen atoms in total. The van der Waals surface area contributed by atoms with E-state index >= 15 is 0 Å². The molecule has 1 rings (SSSR count). The normalized spacial score (nSPS) is 24.2. The number of hydrogen-bond donors (Lipinski definition) is 4. The summed E-state index contributed by atoms with van der Waals surface area (Å²) >= 11 is 4.58. The van der Waals surface area contributed by atoms with Crippen molar-refractivity contribution in [3.8, 4) is 0 Å². The zero-order chi connectivity index (χ0) is 8.81.